The van der Waals surface area contributed by atoms with E-state index in [9.17, 15) is 22.4 Å². The van der Waals surface area contributed by atoms with Crippen LogP contribution in [-0.2, 0) is 4.79 Å². The minimum Gasteiger partial charge on any atom is -0.321 e. The first kappa shape index (κ1) is 14.0. The third kappa shape index (κ3) is 2.79. The lowest BCUT2D eigenvalue weighted by molar-refractivity contribution is -0.163. The molecule has 1 aromatic carbocycles. The first-order chi connectivity index (χ1) is 9.41. The van der Waals surface area contributed by atoms with Gasteiger partial charge in [0.15, 0.2) is 0 Å². The Balaban J connectivity index is 2.19. The average molecular weight is 287 g/mol. The van der Waals surface area contributed by atoms with Gasteiger partial charge >= 0.3 is 18.3 Å². The molecule has 4 nitrogen and oxygen atoms in total. The predicted molar refractivity (Wildman–Crippen MR) is 63.1 cm³/mol. The van der Waals surface area contributed by atoms with Crippen LogP contribution in [0.2, 0.25) is 0 Å². The van der Waals surface area contributed by atoms with Crippen LogP contribution in [0.3, 0.4) is 0 Å². The fourth-order valence-corrected chi connectivity index (χ4v) is 1.46. The molecule has 0 aliphatic rings. The van der Waals surface area contributed by atoms with E-state index in [1.807, 2.05) is 0 Å². The number of nitrogens with zero attached hydrogens (tertiary/aromatic N) is 2. The molecule has 0 saturated heterocycles. The van der Waals surface area contributed by atoms with E-state index in [1.54, 1.807) is 23.6 Å². The number of carbonyl (C=O) groups excluding carboxylic acids is 1. The molecule has 0 atom stereocenters. The molecule has 0 spiro atoms. The SMILES string of the molecule is O=C(Nc1cccc(-n2cccn2)c1)C(F)(F)C(F)F. The summed E-state index contributed by atoms with van der Waals surface area (Å²) in [5.74, 6) is -6.79. The molecule has 0 aliphatic heterocycles. The fraction of sp³-hybridized carbons (Fsp3) is 0.167. The zero-order chi connectivity index (χ0) is 14.8. The van der Waals surface area contributed by atoms with Crippen LogP contribution in [0.4, 0.5) is 23.2 Å². The van der Waals surface area contributed by atoms with Crippen molar-refractivity contribution in [2.45, 2.75) is 12.3 Å². The van der Waals surface area contributed by atoms with Crippen molar-refractivity contribution in [2.75, 3.05) is 5.32 Å². The van der Waals surface area contributed by atoms with Crippen molar-refractivity contribution in [3.63, 3.8) is 0 Å². The van der Waals surface area contributed by atoms with Gasteiger partial charge in [-0.25, -0.2) is 13.5 Å². The minimum atomic E-state index is -4.73. The molecule has 1 amide bonds. The van der Waals surface area contributed by atoms with E-state index in [4.69, 9.17) is 0 Å². The van der Waals surface area contributed by atoms with Gasteiger partial charge in [0.05, 0.1) is 5.69 Å². The molecule has 2 rings (SSSR count). The van der Waals surface area contributed by atoms with Crippen molar-refractivity contribution in [1.29, 1.82) is 0 Å². The highest BCUT2D eigenvalue weighted by atomic mass is 19.3. The van der Waals surface area contributed by atoms with Crippen LogP contribution >= 0.6 is 0 Å². The van der Waals surface area contributed by atoms with Gasteiger partial charge in [0, 0.05) is 18.1 Å². The third-order valence-electron chi connectivity index (χ3n) is 2.45. The van der Waals surface area contributed by atoms with Gasteiger partial charge in [-0.1, -0.05) is 6.07 Å². The Labute approximate surface area is 111 Å². The molecule has 0 saturated carbocycles. The third-order valence-corrected chi connectivity index (χ3v) is 2.45. The maximum absolute atomic E-state index is 12.8. The molecule has 106 valence electrons. The van der Waals surface area contributed by atoms with E-state index in [0.717, 1.165) is 0 Å². The Morgan fingerprint density at radius 2 is 2.05 bits per heavy atom. The highest BCUT2D eigenvalue weighted by molar-refractivity contribution is 5.96. The van der Waals surface area contributed by atoms with Crippen LogP contribution < -0.4 is 5.32 Å². The second-order valence-electron chi connectivity index (χ2n) is 3.88. The Kier molecular flexibility index (Phi) is 3.73. The van der Waals surface area contributed by atoms with E-state index >= 15 is 0 Å². The summed E-state index contributed by atoms with van der Waals surface area (Å²) in [5.41, 5.74) is 0.469. The first-order valence-corrected chi connectivity index (χ1v) is 5.49. The van der Waals surface area contributed by atoms with Gasteiger partial charge in [0.25, 0.3) is 0 Å². The zero-order valence-corrected chi connectivity index (χ0v) is 9.93. The maximum atomic E-state index is 12.8. The number of anilines is 1. The second kappa shape index (κ2) is 5.32. The predicted octanol–water partition coefficient (Wildman–Crippen LogP) is 2.71. The molecule has 0 aliphatic carbocycles. The highest BCUT2D eigenvalue weighted by Crippen LogP contribution is 2.25. The molecule has 2 aromatic rings. The Bertz CT molecular complexity index is 599. The summed E-state index contributed by atoms with van der Waals surface area (Å²) in [6.45, 7) is 0. The summed E-state index contributed by atoms with van der Waals surface area (Å²) >= 11 is 0. The Hall–Kier alpha value is -2.38. The van der Waals surface area contributed by atoms with Crippen LogP contribution in [0, 0.1) is 0 Å². The lowest BCUT2D eigenvalue weighted by atomic mass is 10.2. The zero-order valence-electron chi connectivity index (χ0n) is 9.93. The van der Waals surface area contributed by atoms with Crippen molar-refractivity contribution in [3.05, 3.63) is 42.7 Å². The number of nitrogens with one attached hydrogen (secondary N) is 1. The molecule has 8 heteroatoms. The number of hydrogen-bond donors (Lipinski definition) is 1. The van der Waals surface area contributed by atoms with Crippen LogP contribution in [0.15, 0.2) is 42.7 Å². The molecule has 0 fully saturated rings. The number of aromatic nitrogens is 2. The standard InChI is InChI=1S/C12H9F4N3O/c13-10(14)12(15,16)11(20)18-8-3-1-4-9(7-8)19-6-2-5-17-19/h1-7,10H,(H,18,20). The number of alkyl halides is 4. The summed E-state index contributed by atoms with van der Waals surface area (Å²) in [7, 11) is 0. The van der Waals surface area contributed by atoms with Gasteiger partial charge in [0.2, 0.25) is 0 Å². The molecule has 1 N–H and O–H groups in total. The summed E-state index contributed by atoms with van der Waals surface area (Å²) in [4.78, 5) is 11.1. The Morgan fingerprint density at radius 3 is 2.65 bits per heavy atom. The first-order valence-electron chi connectivity index (χ1n) is 5.49. The van der Waals surface area contributed by atoms with Crippen molar-refractivity contribution in [1.82, 2.24) is 9.78 Å². The molecule has 1 aromatic heterocycles. The van der Waals surface area contributed by atoms with Gasteiger partial charge in [-0.3, -0.25) is 4.79 Å². The van der Waals surface area contributed by atoms with Crippen LogP contribution in [0.1, 0.15) is 0 Å². The van der Waals surface area contributed by atoms with Crippen LogP contribution in [0.5, 0.6) is 0 Å². The number of benzene rings is 1. The monoisotopic (exact) mass is 287 g/mol. The summed E-state index contributed by atoms with van der Waals surface area (Å²) < 4.78 is 51.2. The molecular weight excluding hydrogens is 278 g/mol. The summed E-state index contributed by atoms with van der Waals surface area (Å²) in [5, 5.41) is 5.68. The largest absolute Gasteiger partial charge is 0.383 e. The van der Waals surface area contributed by atoms with Crippen molar-refractivity contribution in [2.24, 2.45) is 0 Å². The van der Waals surface area contributed by atoms with Crippen LogP contribution in [-0.4, -0.2) is 28.0 Å². The summed E-state index contributed by atoms with van der Waals surface area (Å²) in [6.07, 6.45) is -0.943. The number of carbonyl (C=O) groups is 1. The lowest BCUT2D eigenvalue weighted by Crippen LogP contribution is -2.40. The van der Waals surface area contributed by atoms with Gasteiger partial charge in [-0.15, -0.1) is 0 Å². The van der Waals surface area contributed by atoms with E-state index < -0.39 is 18.3 Å². The van der Waals surface area contributed by atoms with Crippen LogP contribution in [0.25, 0.3) is 5.69 Å². The normalized spacial score (nSPS) is 11.7. The lowest BCUT2D eigenvalue weighted by Gasteiger charge is -2.15. The molecular formula is C12H9F4N3O. The molecule has 0 unspecified atom stereocenters. The second-order valence-corrected chi connectivity index (χ2v) is 3.88. The van der Waals surface area contributed by atoms with Crippen molar-refractivity contribution in [3.8, 4) is 5.69 Å². The van der Waals surface area contributed by atoms with Crippen molar-refractivity contribution < 1.29 is 22.4 Å². The van der Waals surface area contributed by atoms with Gasteiger partial charge in [-0.05, 0) is 24.3 Å². The van der Waals surface area contributed by atoms with E-state index in [-0.39, 0.29) is 5.69 Å². The average Bonchev–Trinajstić information content (AvgIpc) is 2.92. The highest BCUT2D eigenvalue weighted by Gasteiger charge is 2.48. The quantitative estimate of drug-likeness (QED) is 0.879. The molecule has 1 heterocycles. The van der Waals surface area contributed by atoms with Gasteiger partial charge in [0.1, 0.15) is 0 Å². The van der Waals surface area contributed by atoms with E-state index in [0.29, 0.717) is 5.69 Å². The maximum Gasteiger partial charge on any atom is 0.383 e. The number of hydrogen-bond acceptors (Lipinski definition) is 2. The van der Waals surface area contributed by atoms with E-state index in [1.165, 1.54) is 29.1 Å². The smallest absolute Gasteiger partial charge is 0.321 e. The van der Waals surface area contributed by atoms with Crippen molar-refractivity contribution >= 4 is 11.6 Å². The molecule has 0 bridgehead atoms. The topological polar surface area (TPSA) is 46.9 Å². The molecule has 0 radical (unpaired) electrons. The Morgan fingerprint density at radius 1 is 1.30 bits per heavy atom. The number of amides is 1. The summed E-state index contributed by atoms with van der Waals surface area (Å²) in [6, 6.07) is 7.40. The minimum absolute atomic E-state index is 0.0247. The fourth-order valence-electron chi connectivity index (χ4n) is 1.46. The number of halogens is 4. The van der Waals surface area contributed by atoms with Gasteiger partial charge < -0.3 is 5.32 Å². The van der Waals surface area contributed by atoms with E-state index in [2.05, 4.69) is 5.10 Å². The number of rotatable bonds is 4. The molecule has 20 heavy (non-hydrogen) atoms. The van der Waals surface area contributed by atoms with Gasteiger partial charge in [-0.2, -0.15) is 13.9 Å².